The fraction of sp³-hybridized carbons (Fsp3) is 0.429. The van der Waals surface area contributed by atoms with E-state index in [1.165, 1.54) is 30.2 Å². The van der Waals surface area contributed by atoms with Gasteiger partial charge in [-0.15, -0.1) is 21.5 Å². The molecule has 0 aromatic carbocycles. The van der Waals surface area contributed by atoms with E-state index in [-0.39, 0.29) is 17.8 Å². The molecule has 1 aliphatic heterocycles. The molecule has 4 heterocycles. The highest BCUT2D eigenvalue weighted by Crippen LogP contribution is 2.33. The van der Waals surface area contributed by atoms with Gasteiger partial charge in [-0.25, -0.2) is 4.79 Å². The van der Waals surface area contributed by atoms with Gasteiger partial charge in [0.2, 0.25) is 11.7 Å². The zero-order valence-corrected chi connectivity index (χ0v) is 19.7. The summed E-state index contributed by atoms with van der Waals surface area (Å²) in [6.07, 6.45) is 3.65. The number of hydrogen-bond donors (Lipinski definition) is 1. The van der Waals surface area contributed by atoms with Crippen molar-refractivity contribution in [3.05, 3.63) is 34.4 Å². The third-order valence-electron chi connectivity index (χ3n) is 5.23. The number of rotatable bonds is 8. The summed E-state index contributed by atoms with van der Waals surface area (Å²) < 4.78 is 18.1. The van der Waals surface area contributed by atoms with Crippen LogP contribution in [0.5, 0.6) is 0 Å². The number of esters is 1. The van der Waals surface area contributed by atoms with Gasteiger partial charge >= 0.3 is 5.97 Å². The second-order valence-corrected chi connectivity index (χ2v) is 9.51. The molecule has 0 spiro atoms. The van der Waals surface area contributed by atoms with E-state index in [1.807, 2.05) is 24.5 Å². The largest absolute Gasteiger partial charge is 0.465 e. The predicted octanol–water partition coefficient (Wildman–Crippen LogP) is 3.91. The van der Waals surface area contributed by atoms with Crippen LogP contribution in [-0.2, 0) is 20.8 Å². The maximum absolute atomic E-state index is 12.7. The number of aromatic nitrogens is 3. The molecule has 9 nitrogen and oxygen atoms in total. The molecule has 1 N–H and O–H groups in total. The molecule has 1 saturated heterocycles. The molecule has 0 aliphatic carbocycles. The first-order valence-corrected chi connectivity index (χ1v) is 12.0. The molecule has 0 saturated carbocycles. The maximum Gasteiger partial charge on any atom is 0.341 e. The second-order valence-electron chi connectivity index (χ2n) is 7.34. The monoisotopic (exact) mass is 476 g/mol. The summed E-state index contributed by atoms with van der Waals surface area (Å²) in [6, 6.07) is 3.62. The molecule has 0 radical (unpaired) electrons. The van der Waals surface area contributed by atoms with Crippen molar-refractivity contribution in [1.82, 2.24) is 14.8 Å². The van der Waals surface area contributed by atoms with E-state index in [9.17, 15) is 9.59 Å². The second kappa shape index (κ2) is 9.88. The summed E-state index contributed by atoms with van der Waals surface area (Å²) in [7, 11) is 1.33. The quantitative estimate of drug-likeness (QED) is 0.385. The predicted molar refractivity (Wildman–Crippen MR) is 121 cm³/mol. The molecular formula is C21H24N4O5S2. The molecule has 3 aromatic rings. The van der Waals surface area contributed by atoms with Gasteiger partial charge in [-0.05, 0) is 44.4 Å². The van der Waals surface area contributed by atoms with E-state index in [1.54, 1.807) is 12.3 Å². The molecule has 1 unspecified atom stereocenters. The number of aryl methyl sites for hydroxylation is 1. The lowest BCUT2D eigenvalue weighted by molar-refractivity contribution is -0.113. The van der Waals surface area contributed by atoms with Crippen LogP contribution < -0.4 is 5.32 Å². The molecule has 4 rings (SSSR count). The SMILES string of the molecule is COC(=O)c1c(NC(=O)CSc2nnc(-c3ccco3)n2CC2CCCO2)sc(C)c1C. The van der Waals surface area contributed by atoms with Gasteiger partial charge in [0.25, 0.3) is 0 Å². The zero-order chi connectivity index (χ0) is 22.7. The lowest BCUT2D eigenvalue weighted by Gasteiger charge is -2.14. The van der Waals surface area contributed by atoms with Crippen LogP contribution in [0, 0.1) is 13.8 Å². The van der Waals surface area contributed by atoms with Crippen LogP contribution in [0.2, 0.25) is 0 Å². The molecular weight excluding hydrogens is 452 g/mol. The number of nitrogens with one attached hydrogen (secondary N) is 1. The molecule has 1 atom stereocenters. The fourth-order valence-corrected chi connectivity index (χ4v) is 5.31. The highest BCUT2D eigenvalue weighted by Gasteiger charge is 2.24. The number of thioether (sulfide) groups is 1. The highest BCUT2D eigenvalue weighted by atomic mass is 32.2. The van der Waals surface area contributed by atoms with E-state index in [0.717, 1.165) is 29.9 Å². The van der Waals surface area contributed by atoms with Crippen molar-refractivity contribution in [3.8, 4) is 11.6 Å². The van der Waals surface area contributed by atoms with Crippen LogP contribution >= 0.6 is 23.1 Å². The zero-order valence-electron chi connectivity index (χ0n) is 18.0. The van der Waals surface area contributed by atoms with Crippen LogP contribution in [-0.4, -0.2) is 52.2 Å². The number of thiophene rings is 1. The lowest BCUT2D eigenvalue weighted by Crippen LogP contribution is -2.18. The molecule has 32 heavy (non-hydrogen) atoms. The normalized spacial score (nSPS) is 15.8. The average Bonchev–Trinajstić information content (AvgIpc) is 3.56. The van der Waals surface area contributed by atoms with Crippen molar-refractivity contribution in [2.24, 2.45) is 0 Å². The van der Waals surface area contributed by atoms with Crippen LogP contribution in [0.4, 0.5) is 5.00 Å². The summed E-state index contributed by atoms with van der Waals surface area (Å²) in [6.45, 7) is 5.07. The van der Waals surface area contributed by atoms with E-state index < -0.39 is 5.97 Å². The van der Waals surface area contributed by atoms with Gasteiger partial charge < -0.3 is 19.2 Å². The third-order valence-corrected chi connectivity index (χ3v) is 7.32. The van der Waals surface area contributed by atoms with Gasteiger partial charge in [-0.1, -0.05) is 11.8 Å². The van der Waals surface area contributed by atoms with Crippen molar-refractivity contribution in [1.29, 1.82) is 0 Å². The third kappa shape index (κ3) is 4.74. The number of nitrogens with zero attached hydrogens (tertiary/aromatic N) is 3. The van der Waals surface area contributed by atoms with E-state index in [0.29, 0.717) is 33.9 Å². The number of ether oxygens (including phenoxy) is 2. The molecule has 3 aromatic heterocycles. The van der Waals surface area contributed by atoms with Crippen molar-refractivity contribution in [2.75, 3.05) is 24.8 Å². The minimum atomic E-state index is -0.464. The number of anilines is 1. The van der Waals surface area contributed by atoms with Crippen molar-refractivity contribution in [3.63, 3.8) is 0 Å². The number of carbonyl (C=O) groups excluding carboxylic acids is 2. The van der Waals surface area contributed by atoms with Gasteiger partial charge in [0, 0.05) is 11.5 Å². The lowest BCUT2D eigenvalue weighted by atomic mass is 10.1. The van der Waals surface area contributed by atoms with Gasteiger partial charge in [0.15, 0.2) is 10.9 Å². The first kappa shape index (κ1) is 22.6. The van der Waals surface area contributed by atoms with Crippen molar-refractivity contribution in [2.45, 2.75) is 44.5 Å². The Kier molecular flexibility index (Phi) is 6.97. The Bertz CT molecular complexity index is 1100. The van der Waals surface area contributed by atoms with Gasteiger partial charge in [-0.3, -0.25) is 9.36 Å². The Morgan fingerprint density at radius 2 is 2.22 bits per heavy atom. The fourth-order valence-electron chi connectivity index (χ4n) is 3.50. The Morgan fingerprint density at radius 1 is 1.38 bits per heavy atom. The molecule has 1 aliphatic rings. The Labute approximate surface area is 193 Å². The molecule has 170 valence electrons. The Morgan fingerprint density at radius 3 is 2.91 bits per heavy atom. The maximum atomic E-state index is 12.7. The minimum Gasteiger partial charge on any atom is -0.465 e. The number of furan rings is 1. The Hall–Kier alpha value is -2.63. The highest BCUT2D eigenvalue weighted by molar-refractivity contribution is 7.99. The van der Waals surface area contributed by atoms with Crippen molar-refractivity contribution >= 4 is 40.0 Å². The van der Waals surface area contributed by atoms with Gasteiger partial charge in [0.1, 0.15) is 5.00 Å². The minimum absolute atomic E-state index is 0.0765. The van der Waals surface area contributed by atoms with Crippen LogP contribution in [0.3, 0.4) is 0 Å². The van der Waals surface area contributed by atoms with Crippen molar-refractivity contribution < 1.29 is 23.5 Å². The summed E-state index contributed by atoms with van der Waals surface area (Å²) in [5.41, 5.74) is 1.21. The van der Waals surface area contributed by atoms with Crippen LogP contribution in [0.25, 0.3) is 11.6 Å². The summed E-state index contributed by atoms with van der Waals surface area (Å²) in [5.74, 6) is 0.616. The molecule has 0 bridgehead atoms. The summed E-state index contributed by atoms with van der Waals surface area (Å²) in [5, 5.41) is 12.5. The first-order chi connectivity index (χ1) is 15.5. The number of amides is 1. The number of carbonyl (C=O) groups is 2. The van der Waals surface area contributed by atoms with E-state index in [4.69, 9.17) is 13.9 Å². The summed E-state index contributed by atoms with van der Waals surface area (Å²) in [4.78, 5) is 25.8. The molecule has 1 amide bonds. The molecule has 11 heteroatoms. The average molecular weight is 477 g/mol. The molecule has 1 fully saturated rings. The van der Waals surface area contributed by atoms with E-state index in [2.05, 4.69) is 15.5 Å². The van der Waals surface area contributed by atoms with Gasteiger partial charge in [-0.2, -0.15) is 0 Å². The van der Waals surface area contributed by atoms with Crippen LogP contribution in [0.15, 0.2) is 28.0 Å². The van der Waals surface area contributed by atoms with Gasteiger partial charge in [0.05, 0.1) is 37.3 Å². The first-order valence-electron chi connectivity index (χ1n) is 10.2. The van der Waals surface area contributed by atoms with Crippen LogP contribution in [0.1, 0.15) is 33.6 Å². The van der Waals surface area contributed by atoms with E-state index >= 15 is 0 Å². The standard InChI is InChI=1S/C21H24N4O5S2/c1-12-13(2)32-19(17(12)20(27)28-3)22-16(26)11-31-21-24-23-18(15-7-5-9-30-15)25(21)10-14-6-4-8-29-14/h5,7,9,14H,4,6,8,10-11H2,1-3H3,(H,22,26). The number of hydrogen-bond acceptors (Lipinski definition) is 9. The smallest absolute Gasteiger partial charge is 0.341 e. The Balaban J connectivity index is 1.48. The summed E-state index contributed by atoms with van der Waals surface area (Å²) >= 11 is 2.63. The topological polar surface area (TPSA) is 108 Å². The number of methoxy groups -OCH3 is 1.